The zero-order valence-corrected chi connectivity index (χ0v) is 13.9. The van der Waals surface area contributed by atoms with Gasteiger partial charge in [-0.3, -0.25) is 9.69 Å². The summed E-state index contributed by atoms with van der Waals surface area (Å²) in [5, 5.41) is 0. The van der Waals surface area contributed by atoms with E-state index >= 15 is 0 Å². The van der Waals surface area contributed by atoms with Crippen molar-refractivity contribution in [2.24, 2.45) is 5.92 Å². The standard InChI is InChI=1S/C16H21BrFNO2/c1-21-16(20)9-12-3-2-7-19(8-6-12)11-13-10-14(17)4-5-15(13)18/h4-5,10,12H,2-3,6-9,11H2,1H3. The van der Waals surface area contributed by atoms with Gasteiger partial charge >= 0.3 is 5.97 Å². The fraction of sp³-hybridized carbons (Fsp3) is 0.562. The van der Waals surface area contributed by atoms with Crippen LogP contribution in [-0.2, 0) is 16.1 Å². The quantitative estimate of drug-likeness (QED) is 0.768. The third kappa shape index (κ3) is 5.08. The van der Waals surface area contributed by atoms with Crippen molar-refractivity contribution in [1.82, 2.24) is 4.90 Å². The van der Waals surface area contributed by atoms with Crippen molar-refractivity contribution in [3.05, 3.63) is 34.1 Å². The second-order valence-corrected chi connectivity index (χ2v) is 6.50. The number of esters is 1. The van der Waals surface area contributed by atoms with Crippen molar-refractivity contribution in [3.63, 3.8) is 0 Å². The normalized spacial score (nSPS) is 20.0. The third-order valence-electron chi connectivity index (χ3n) is 4.03. The first-order valence-corrected chi connectivity index (χ1v) is 8.11. The van der Waals surface area contributed by atoms with Crippen LogP contribution in [0.25, 0.3) is 0 Å². The van der Waals surface area contributed by atoms with Crippen LogP contribution in [0.4, 0.5) is 4.39 Å². The molecule has 1 aromatic carbocycles. The van der Waals surface area contributed by atoms with Crippen LogP contribution in [0.15, 0.2) is 22.7 Å². The van der Waals surface area contributed by atoms with Crippen molar-refractivity contribution < 1.29 is 13.9 Å². The Kier molecular flexibility index (Phi) is 6.18. The average molecular weight is 358 g/mol. The molecule has 3 nitrogen and oxygen atoms in total. The van der Waals surface area contributed by atoms with Crippen LogP contribution in [0.1, 0.15) is 31.2 Å². The molecule has 0 spiro atoms. The van der Waals surface area contributed by atoms with Crippen LogP contribution in [0.3, 0.4) is 0 Å². The molecule has 1 fully saturated rings. The number of hydrogen-bond donors (Lipinski definition) is 0. The van der Waals surface area contributed by atoms with Gasteiger partial charge in [-0.05, 0) is 56.5 Å². The summed E-state index contributed by atoms with van der Waals surface area (Å²) in [4.78, 5) is 13.6. The summed E-state index contributed by atoms with van der Waals surface area (Å²) in [5.41, 5.74) is 0.718. The Bertz CT molecular complexity index is 495. The Balaban J connectivity index is 1.91. The molecule has 21 heavy (non-hydrogen) atoms. The van der Waals surface area contributed by atoms with Gasteiger partial charge in [0.1, 0.15) is 5.82 Å². The van der Waals surface area contributed by atoms with Crippen LogP contribution in [-0.4, -0.2) is 31.1 Å². The molecule has 0 aromatic heterocycles. The van der Waals surface area contributed by atoms with Gasteiger partial charge in [0.05, 0.1) is 7.11 Å². The second kappa shape index (κ2) is 7.90. The number of halogens is 2. The zero-order chi connectivity index (χ0) is 15.2. The number of hydrogen-bond acceptors (Lipinski definition) is 3. The largest absolute Gasteiger partial charge is 0.469 e. The second-order valence-electron chi connectivity index (χ2n) is 5.59. The lowest BCUT2D eigenvalue weighted by molar-refractivity contribution is -0.141. The number of ether oxygens (including phenoxy) is 1. The maximum atomic E-state index is 13.8. The number of carbonyl (C=O) groups is 1. The molecule has 1 aliphatic heterocycles. The van der Waals surface area contributed by atoms with E-state index in [0.29, 0.717) is 18.9 Å². The average Bonchev–Trinajstić information content (AvgIpc) is 2.68. The Morgan fingerprint density at radius 2 is 2.24 bits per heavy atom. The highest BCUT2D eigenvalue weighted by molar-refractivity contribution is 9.10. The molecule has 1 aromatic rings. The minimum atomic E-state index is -0.159. The molecule has 0 aliphatic carbocycles. The maximum absolute atomic E-state index is 13.8. The summed E-state index contributed by atoms with van der Waals surface area (Å²) >= 11 is 3.38. The van der Waals surface area contributed by atoms with Crippen LogP contribution in [0.2, 0.25) is 0 Å². The summed E-state index contributed by atoms with van der Waals surface area (Å²) < 4.78 is 19.5. The molecule has 1 unspecified atom stereocenters. The topological polar surface area (TPSA) is 29.5 Å². The molecule has 0 bridgehead atoms. The van der Waals surface area contributed by atoms with E-state index in [1.54, 1.807) is 6.07 Å². The van der Waals surface area contributed by atoms with Crippen LogP contribution in [0, 0.1) is 11.7 Å². The van der Waals surface area contributed by atoms with Crippen molar-refractivity contribution in [2.45, 2.75) is 32.2 Å². The van der Waals surface area contributed by atoms with Crippen molar-refractivity contribution >= 4 is 21.9 Å². The van der Waals surface area contributed by atoms with Crippen molar-refractivity contribution in [1.29, 1.82) is 0 Å². The number of nitrogens with zero attached hydrogens (tertiary/aromatic N) is 1. The molecular weight excluding hydrogens is 337 g/mol. The minimum Gasteiger partial charge on any atom is -0.469 e. The highest BCUT2D eigenvalue weighted by Gasteiger charge is 2.20. The third-order valence-corrected chi connectivity index (χ3v) is 4.52. The zero-order valence-electron chi connectivity index (χ0n) is 12.3. The lowest BCUT2D eigenvalue weighted by atomic mass is 9.97. The summed E-state index contributed by atoms with van der Waals surface area (Å²) in [5.74, 6) is 0.0925. The molecule has 1 aliphatic rings. The molecule has 1 heterocycles. The molecule has 1 atom stereocenters. The smallest absolute Gasteiger partial charge is 0.305 e. The summed E-state index contributed by atoms with van der Waals surface area (Å²) in [6, 6.07) is 5.05. The Hall–Kier alpha value is -0.940. The van der Waals surface area contributed by atoms with E-state index in [2.05, 4.69) is 20.8 Å². The van der Waals surface area contributed by atoms with Gasteiger partial charge in [0.2, 0.25) is 0 Å². The van der Waals surface area contributed by atoms with E-state index in [0.717, 1.165) is 42.4 Å². The van der Waals surface area contributed by atoms with Gasteiger partial charge in [-0.15, -0.1) is 0 Å². The fourth-order valence-electron chi connectivity index (χ4n) is 2.81. The van der Waals surface area contributed by atoms with Crippen LogP contribution < -0.4 is 0 Å². The van der Waals surface area contributed by atoms with E-state index in [9.17, 15) is 9.18 Å². The summed E-state index contributed by atoms with van der Waals surface area (Å²) in [6.07, 6.45) is 3.53. The monoisotopic (exact) mass is 357 g/mol. The Labute approximate surface area is 133 Å². The van der Waals surface area contributed by atoms with Gasteiger partial charge in [0, 0.05) is 23.0 Å². The number of rotatable bonds is 4. The van der Waals surface area contributed by atoms with E-state index < -0.39 is 0 Å². The van der Waals surface area contributed by atoms with E-state index in [1.165, 1.54) is 13.2 Å². The minimum absolute atomic E-state index is 0.133. The molecule has 116 valence electrons. The van der Waals surface area contributed by atoms with Gasteiger partial charge in [-0.25, -0.2) is 4.39 Å². The van der Waals surface area contributed by atoms with E-state index in [4.69, 9.17) is 4.74 Å². The van der Waals surface area contributed by atoms with Gasteiger partial charge in [0.15, 0.2) is 0 Å². The first kappa shape index (κ1) is 16.4. The lowest BCUT2D eigenvalue weighted by Crippen LogP contribution is -2.25. The molecule has 0 N–H and O–H groups in total. The highest BCUT2D eigenvalue weighted by atomic mass is 79.9. The van der Waals surface area contributed by atoms with Gasteiger partial charge in [-0.2, -0.15) is 0 Å². The predicted molar refractivity (Wildman–Crippen MR) is 83.4 cm³/mol. The van der Waals surface area contributed by atoms with Crippen LogP contribution >= 0.6 is 15.9 Å². The molecule has 5 heteroatoms. The summed E-state index contributed by atoms with van der Waals surface area (Å²) in [6.45, 7) is 2.47. The van der Waals surface area contributed by atoms with E-state index in [1.807, 2.05) is 6.07 Å². The first-order chi connectivity index (χ1) is 10.1. The van der Waals surface area contributed by atoms with Gasteiger partial charge in [0.25, 0.3) is 0 Å². The molecule has 2 rings (SSSR count). The van der Waals surface area contributed by atoms with Crippen molar-refractivity contribution in [3.8, 4) is 0 Å². The summed E-state index contributed by atoms with van der Waals surface area (Å²) in [7, 11) is 1.43. The number of benzene rings is 1. The predicted octanol–water partition coefficient (Wildman–Crippen LogP) is 3.75. The van der Waals surface area contributed by atoms with Gasteiger partial charge in [-0.1, -0.05) is 15.9 Å². The lowest BCUT2D eigenvalue weighted by Gasteiger charge is -2.20. The van der Waals surface area contributed by atoms with E-state index in [-0.39, 0.29) is 11.8 Å². The molecule has 1 saturated heterocycles. The van der Waals surface area contributed by atoms with Crippen LogP contribution in [0.5, 0.6) is 0 Å². The Morgan fingerprint density at radius 1 is 1.43 bits per heavy atom. The Morgan fingerprint density at radius 3 is 3.00 bits per heavy atom. The van der Waals surface area contributed by atoms with Gasteiger partial charge < -0.3 is 4.74 Å². The first-order valence-electron chi connectivity index (χ1n) is 7.31. The highest BCUT2D eigenvalue weighted by Crippen LogP contribution is 2.23. The SMILES string of the molecule is COC(=O)CC1CCCN(Cc2cc(Br)ccc2F)CC1. The molecule has 0 amide bonds. The number of likely N-dealkylation sites (tertiary alicyclic amines) is 1. The number of methoxy groups -OCH3 is 1. The number of carbonyl (C=O) groups excluding carboxylic acids is 1. The molecule has 0 radical (unpaired) electrons. The fourth-order valence-corrected chi connectivity index (χ4v) is 3.22. The maximum Gasteiger partial charge on any atom is 0.305 e. The molecule has 0 saturated carbocycles. The van der Waals surface area contributed by atoms with Crippen molar-refractivity contribution in [2.75, 3.05) is 20.2 Å². The molecular formula is C16H21BrFNO2.